The van der Waals surface area contributed by atoms with Crippen molar-refractivity contribution in [2.24, 2.45) is 7.05 Å². The van der Waals surface area contributed by atoms with E-state index in [4.69, 9.17) is 11.6 Å². The molecule has 3 aromatic heterocycles. The molecule has 33 heavy (non-hydrogen) atoms. The second kappa shape index (κ2) is 8.84. The van der Waals surface area contributed by atoms with Gasteiger partial charge in [-0.1, -0.05) is 18.2 Å². The number of nitrogens with one attached hydrogen (secondary N) is 1. The van der Waals surface area contributed by atoms with Gasteiger partial charge in [0.05, 0.1) is 6.20 Å². The standard InChI is InChI=1S/C25H26ClN7/c1-17(18-4-5-27-25(13-18)33-8-6-31(2)7-9-33)30-24-12-19-10-22(21-15-29-32(3)16-21)23(26)11-20(19)14-28-24/h4-5,10-16H,1,6-9H2,2-3H3,(H,28,30). The molecule has 1 N–H and O–H groups in total. The Balaban J connectivity index is 1.38. The third kappa shape index (κ3) is 4.55. The predicted molar refractivity (Wildman–Crippen MR) is 136 cm³/mol. The summed E-state index contributed by atoms with van der Waals surface area (Å²) in [5, 5.41) is 10.3. The quantitative estimate of drug-likeness (QED) is 0.473. The molecule has 0 amide bonds. The molecular weight excluding hydrogens is 434 g/mol. The molecule has 1 aliphatic heterocycles. The van der Waals surface area contributed by atoms with Crippen LogP contribution in [-0.4, -0.2) is 57.9 Å². The summed E-state index contributed by atoms with van der Waals surface area (Å²) in [6.45, 7) is 8.27. The SMILES string of the molecule is C=C(Nc1cc2cc(-c3cnn(C)c3)c(Cl)cc2cn1)c1ccnc(N2CCN(C)CC2)c1. The number of aryl methyl sites for hydroxylation is 1. The molecule has 1 fully saturated rings. The number of anilines is 2. The van der Waals surface area contributed by atoms with Gasteiger partial charge in [-0.2, -0.15) is 5.10 Å². The lowest BCUT2D eigenvalue weighted by atomic mass is 10.0. The van der Waals surface area contributed by atoms with Gasteiger partial charge < -0.3 is 15.1 Å². The smallest absolute Gasteiger partial charge is 0.130 e. The molecule has 4 heterocycles. The van der Waals surface area contributed by atoms with E-state index in [1.807, 2.05) is 50.0 Å². The number of nitrogens with zero attached hydrogens (tertiary/aromatic N) is 6. The molecule has 0 unspecified atom stereocenters. The van der Waals surface area contributed by atoms with Crippen molar-refractivity contribution >= 4 is 39.7 Å². The molecule has 1 saturated heterocycles. The average molecular weight is 460 g/mol. The Hall–Kier alpha value is -3.42. The highest BCUT2D eigenvalue weighted by Gasteiger charge is 2.16. The number of rotatable bonds is 5. The lowest BCUT2D eigenvalue weighted by Gasteiger charge is -2.33. The fourth-order valence-corrected chi connectivity index (χ4v) is 4.34. The summed E-state index contributed by atoms with van der Waals surface area (Å²) >= 11 is 6.53. The highest BCUT2D eigenvalue weighted by molar-refractivity contribution is 6.34. The first-order chi connectivity index (χ1) is 16.0. The number of likely N-dealkylation sites (N-methyl/N-ethyl adjacent to an activating group) is 1. The van der Waals surface area contributed by atoms with Crippen molar-refractivity contribution in [2.45, 2.75) is 0 Å². The number of hydrogen-bond donors (Lipinski definition) is 1. The molecule has 7 nitrogen and oxygen atoms in total. The van der Waals surface area contributed by atoms with E-state index in [1.54, 1.807) is 4.68 Å². The van der Waals surface area contributed by atoms with E-state index in [-0.39, 0.29) is 0 Å². The Kier molecular flexibility index (Phi) is 5.74. The monoisotopic (exact) mass is 459 g/mol. The second-order valence-corrected chi connectivity index (χ2v) is 8.86. The van der Waals surface area contributed by atoms with Crippen LogP contribution < -0.4 is 10.2 Å². The lowest BCUT2D eigenvalue weighted by Crippen LogP contribution is -2.44. The highest BCUT2D eigenvalue weighted by atomic mass is 35.5. The van der Waals surface area contributed by atoms with Gasteiger partial charge in [0.25, 0.3) is 0 Å². The van der Waals surface area contributed by atoms with Crippen LogP contribution in [0.15, 0.2) is 61.7 Å². The molecule has 0 spiro atoms. The normalized spacial score (nSPS) is 14.6. The summed E-state index contributed by atoms with van der Waals surface area (Å²) in [4.78, 5) is 13.8. The predicted octanol–water partition coefficient (Wildman–Crippen LogP) is 4.52. The van der Waals surface area contributed by atoms with Crippen molar-refractivity contribution in [3.8, 4) is 11.1 Å². The molecule has 0 radical (unpaired) electrons. The third-order valence-corrected chi connectivity index (χ3v) is 6.34. The number of aromatic nitrogens is 4. The van der Waals surface area contributed by atoms with Gasteiger partial charge in [0, 0.05) is 84.6 Å². The Labute approximate surface area is 198 Å². The van der Waals surface area contributed by atoms with Gasteiger partial charge in [0.15, 0.2) is 0 Å². The number of halogens is 1. The van der Waals surface area contributed by atoms with Crippen LogP contribution in [0, 0.1) is 0 Å². The molecule has 5 rings (SSSR count). The summed E-state index contributed by atoms with van der Waals surface area (Å²) < 4.78 is 1.77. The van der Waals surface area contributed by atoms with Gasteiger partial charge in [0.2, 0.25) is 0 Å². The number of piperazine rings is 1. The second-order valence-electron chi connectivity index (χ2n) is 8.45. The van der Waals surface area contributed by atoms with Crippen molar-refractivity contribution < 1.29 is 0 Å². The molecule has 0 atom stereocenters. The van der Waals surface area contributed by atoms with Crippen LogP contribution >= 0.6 is 11.6 Å². The Morgan fingerprint density at radius 3 is 2.58 bits per heavy atom. The summed E-state index contributed by atoms with van der Waals surface area (Å²) in [5.74, 6) is 1.70. The zero-order chi connectivity index (χ0) is 22.9. The molecule has 0 bridgehead atoms. The summed E-state index contributed by atoms with van der Waals surface area (Å²) in [6, 6.07) is 10.1. The zero-order valence-corrected chi connectivity index (χ0v) is 19.5. The number of fused-ring (bicyclic) bond motifs is 1. The summed E-state index contributed by atoms with van der Waals surface area (Å²) in [7, 11) is 4.04. The van der Waals surface area contributed by atoms with Crippen LogP contribution in [0.1, 0.15) is 5.56 Å². The minimum atomic E-state index is 0.677. The van der Waals surface area contributed by atoms with Crippen molar-refractivity contribution in [2.75, 3.05) is 43.4 Å². The van der Waals surface area contributed by atoms with E-state index in [0.29, 0.717) is 5.02 Å². The Bertz CT molecular complexity index is 1320. The van der Waals surface area contributed by atoms with E-state index in [9.17, 15) is 0 Å². The van der Waals surface area contributed by atoms with Crippen LogP contribution in [0.2, 0.25) is 5.02 Å². The average Bonchev–Trinajstić information content (AvgIpc) is 3.25. The Morgan fingerprint density at radius 2 is 1.82 bits per heavy atom. The van der Waals surface area contributed by atoms with Crippen molar-refractivity contribution in [1.82, 2.24) is 24.6 Å². The van der Waals surface area contributed by atoms with Crippen molar-refractivity contribution in [3.63, 3.8) is 0 Å². The van der Waals surface area contributed by atoms with Gasteiger partial charge in [-0.3, -0.25) is 4.68 Å². The number of hydrogen-bond acceptors (Lipinski definition) is 6. The largest absolute Gasteiger partial charge is 0.354 e. The van der Waals surface area contributed by atoms with Crippen LogP contribution in [0.4, 0.5) is 11.6 Å². The van der Waals surface area contributed by atoms with E-state index in [0.717, 1.165) is 71.0 Å². The lowest BCUT2D eigenvalue weighted by molar-refractivity contribution is 0.312. The highest BCUT2D eigenvalue weighted by Crippen LogP contribution is 2.33. The fourth-order valence-electron chi connectivity index (χ4n) is 4.06. The molecular formula is C25H26ClN7. The summed E-state index contributed by atoms with van der Waals surface area (Å²) in [6.07, 6.45) is 7.44. The van der Waals surface area contributed by atoms with Crippen LogP contribution in [0.25, 0.3) is 27.6 Å². The molecule has 0 aliphatic carbocycles. The van der Waals surface area contributed by atoms with E-state index >= 15 is 0 Å². The topological polar surface area (TPSA) is 62.1 Å². The van der Waals surface area contributed by atoms with Gasteiger partial charge in [0.1, 0.15) is 11.6 Å². The molecule has 8 heteroatoms. The maximum absolute atomic E-state index is 6.53. The van der Waals surface area contributed by atoms with Crippen LogP contribution in [0.3, 0.4) is 0 Å². The van der Waals surface area contributed by atoms with E-state index < -0.39 is 0 Å². The molecule has 0 saturated carbocycles. The molecule has 1 aromatic carbocycles. The van der Waals surface area contributed by atoms with Gasteiger partial charge in [-0.25, -0.2) is 9.97 Å². The first-order valence-electron chi connectivity index (χ1n) is 10.9. The molecule has 168 valence electrons. The minimum absolute atomic E-state index is 0.677. The first-order valence-corrected chi connectivity index (χ1v) is 11.3. The van der Waals surface area contributed by atoms with Crippen LogP contribution in [-0.2, 0) is 7.05 Å². The van der Waals surface area contributed by atoms with E-state index in [1.165, 1.54) is 0 Å². The maximum atomic E-state index is 6.53. The van der Waals surface area contributed by atoms with Gasteiger partial charge in [-0.05, 0) is 42.8 Å². The summed E-state index contributed by atoms with van der Waals surface area (Å²) in [5.41, 5.74) is 3.70. The minimum Gasteiger partial charge on any atom is -0.354 e. The fraction of sp³-hybridized carbons (Fsp3) is 0.240. The number of benzene rings is 1. The van der Waals surface area contributed by atoms with Gasteiger partial charge >= 0.3 is 0 Å². The van der Waals surface area contributed by atoms with Gasteiger partial charge in [-0.15, -0.1) is 0 Å². The third-order valence-electron chi connectivity index (χ3n) is 6.02. The first kappa shape index (κ1) is 21.4. The van der Waals surface area contributed by atoms with Crippen LogP contribution in [0.5, 0.6) is 0 Å². The maximum Gasteiger partial charge on any atom is 0.130 e. The molecule has 1 aliphatic rings. The number of pyridine rings is 2. The van der Waals surface area contributed by atoms with E-state index in [2.05, 4.69) is 55.9 Å². The Morgan fingerprint density at radius 1 is 1.00 bits per heavy atom. The van der Waals surface area contributed by atoms with Crippen molar-refractivity contribution in [1.29, 1.82) is 0 Å². The molecule has 4 aromatic rings. The van der Waals surface area contributed by atoms with Crippen molar-refractivity contribution in [3.05, 3.63) is 72.3 Å². The zero-order valence-electron chi connectivity index (χ0n) is 18.8.